The number of alkyl halides is 6. The lowest BCUT2D eigenvalue weighted by molar-refractivity contribution is -0.275. The second kappa shape index (κ2) is 5.60. The van der Waals surface area contributed by atoms with Crippen LogP contribution < -0.4 is 0 Å². The Balaban J connectivity index is 2.98. The molecular weight excluding hydrogens is 297 g/mol. The van der Waals surface area contributed by atoms with Crippen molar-refractivity contribution in [3.63, 3.8) is 0 Å². The number of amides is 1. The number of nitrogens with zero attached hydrogens (tertiary/aromatic N) is 1. The SMILES string of the molecule is O=C(CCl)C1CCCCN1C(=O)C(F)(F)C(F)(F)F. The van der Waals surface area contributed by atoms with E-state index in [1.165, 1.54) is 0 Å². The van der Waals surface area contributed by atoms with Crippen LogP contribution in [0.1, 0.15) is 19.3 Å². The molecule has 0 aromatic heterocycles. The number of halogens is 6. The summed E-state index contributed by atoms with van der Waals surface area (Å²) in [5.74, 6) is -9.14. The summed E-state index contributed by atoms with van der Waals surface area (Å²) in [6.07, 6.45) is -5.19. The Morgan fingerprint density at radius 2 is 1.74 bits per heavy atom. The molecule has 1 amide bonds. The second-order valence-electron chi connectivity index (χ2n) is 4.18. The topological polar surface area (TPSA) is 37.4 Å². The molecule has 0 saturated carbocycles. The molecule has 1 heterocycles. The van der Waals surface area contributed by atoms with Crippen LogP contribution in [0.2, 0.25) is 0 Å². The summed E-state index contributed by atoms with van der Waals surface area (Å²) in [5.41, 5.74) is 0. The molecule has 110 valence electrons. The number of piperidine rings is 1. The molecule has 1 rings (SSSR count). The van der Waals surface area contributed by atoms with Gasteiger partial charge in [0.05, 0.1) is 11.9 Å². The van der Waals surface area contributed by atoms with Gasteiger partial charge in [-0.3, -0.25) is 9.59 Å². The van der Waals surface area contributed by atoms with E-state index in [4.69, 9.17) is 11.6 Å². The number of Topliss-reactive ketones (excluding diaryl/α,β-unsaturated/α-hetero) is 1. The highest BCUT2D eigenvalue weighted by atomic mass is 35.5. The van der Waals surface area contributed by atoms with Crippen LogP contribution in [0.25, 0.3) is 0 Å². The van der Waals surface area contributed by atoms with E-state index in [2.05, 4.69) is 0 Å². The van der Waals surface area contributed by atoms with Crippen molar-refractivity contribution in [2.24, 2.45) is 0 Å². The van der Waals surface area contributed by atoms with Crippen molar-refractivity contribution in [3.05, 3.63) is 0 Å². The standard InChI is InChI=1S/C10H11ClF5NO2/c11-5-7(18)6-3-1-2-4-17(6)8(19)9(12,13)10(14,15)16/h6H,1-5H2. The van der Waals surface area contributed by atoms with Crippen molar-refractivity contribution < 1.29 is 31.5 Å². The Bertz CT molecular complexity index is 371. The predicted octanol–water partition coefficient (Wildman–Crippen LogP) is 2.37. The molecule has 0 bridgehead atoms. The zero-order valence-corrected chi connectivity index (χ0v) is 10.4. The normalized spacial score (nSPS) is 21.4. The van der Waals surface area contributed by atoms with Crippen molar-refractivity contribution >= 4 is 23.3 Å². The van der Waals surface area contributed by atoms with Crippen molar-refractivity contribution in [1.29, 1.82) is 0 Å². The molecule has 3 nitrogen and oxygen atoms in total. The third-order valence-electron chi connectivity index (χ3n) is 2.89. The molecular formula is C10H11ClF5NO2. The Morgan fingerprint density at radius 1 is 1.16 bits per heavy atom. The van der Waals surface area contributed by atoms with E-state index in [-0.39, 0.29) is 19.4 Å². The highest BCUT2D eigenvalue weighted by molar-refractivity contribution is 6.28. The first-order chi connectivity index (χ1) is 8.63. The maximum atomic E-state index is 13.0. The molecule has 0 spiro atoms. The number of carbonyl (C=O) groups is 2. The highest BCUT2D eigenvalue weighted by Crippen LogP contribution is 2.38. The fraction of sp³-hybridized carbons (Fsp3) is 0.800. The first-order valence-corrected chi connectivity index (χ1v) is 6.00. The van der Waals surface area contributed by atoms with Crippen molar-refractivity contribution in [2.75, 3.05) is 12.4 Å². The summed E-state index contributed by atoms with van der Waals surface area (Å²) >= 11 is 5.26. The van der Waals surface area contributed by atoms with Crippen LogP contribution in [-0.2, 0) is 9.59 Å². The third-order valence-corrected chi connectivity index (χ3v) is 3.16. The van der Waals surface area contributed by atoms with E-state index in [9.17, 15) is 31.5 Å². The van der Waals surface area contributed by atoms with Crippen LogP contribution in [0.4, 0.5) is 22.0 Å². The Morgan fingerprint density at radius 3 is 2.21 bits per heavy atom. The van der Waals surface area contributed by atoms with Gasteiger partial charge in [0.1, 0.15) is 0 Å². The second-order valence-corrected chi connectivity index (χ2v) is 4.45. The average molecular weight is 308 g/mol. The Kier molecular flexibility index (Phi) is 4.76. The Labute approximate surface area is 110 Å². The summed E-state index contributed by atoms with van der Waals surface area (Å²) < 4.78 is 62.4. The van der Waals surface area contributed by atoms with Gasteiger partial charge in [0, 0.05) is 6.54 Å². The maximum Gasteiger partial charge on any atom is 0.463 e. The number of ketones is 1. The zero-order chi connectivity index (χ0) is 14.8. The number of hydrogen-bond donors (Lipinski definition) is 0. The molecule has 0 radical (unpaired) electrons. The summed E-state index contributed by atoms with van der Waals surface area (Å²) in [6, 6.07) is -1.30. The molecule has 0 aliphatic carbocycles. The van der Waals surface area contributed by atoms with Gasteiger partial charge in [0.2, 0.25) is 0 Å². The minimum Gasteiger partial charge on any atom is -0.327 e. The van der Waals surface area contributed by atoms with Gasteiger partial charge >= 0.3 is 18.0 Å². The summed E-state index contributed by atoms with van der Waals surface area (Å²) in [7, 11) is 0. The number of carbonyl (C=O) groups excluding carboxylic acids is 2. The van der Waals surface area contributed by atoms with Gasteiger partial charge in [0.15, 0.2) is 5.78 Å². The summed E-state index contributed by atoms with van der Waals surface area (Å²) in [5, 5.41) is 0. The molecule has 1 saturated heterocycles. The van der Waals surface area contributed by atoms with Crippen molar-refractivity contribution in [3.8, 4) is 0 Å². The molecule has 1 atom stereocenters. The average Bonchev–Trinajstić information content (AvgIpc) is 2.35. The fourth-order valence-electron chi connectivity index (χ4n) is 1.90. The van der Waals surface area contributed by atoms with Gasteiger partial charge in [-0.25, -0.2) is 0 Å². The van der Waals surface area contributed by atoms with E-state index in [0.29, 0.717) is 11.3 Å². The lowest BCUT2D eigenvalue weighted by Crippen LogP contribution is -2.58. The number of hydrogen-bond acceptors (Lipinski definition) is 2. The first-order valence-electron chi connectivity index (χ1n) is 5.47. The first kappa shape index (κ1) is 16.1. The molecule has 9 heteroatoms. The van der Waals surface area contributed by atoms with E-state index in [0.717, 1.165) is 0 Å². The largest absolute Gasteiger partial charge is 0.463 e. The maximum absolute atomic E-state index is 13.0. The molecule has 0 N–H and O–H groups in total. The highest BCUT2D eigenvalue weighted by Gasteiger charge is 2.65. The van der Waals surface area contributed by atoms with Crippen molar-refractivity contribution in [2.45, 2.75) is 37.4 Å². The van der Waals surface area contributed by atoms with E-state index >= 15 is 0 Å². The molecule has 0 aromatic carbocycles. The lowest BCUT2D eigenvalue weighted by Gasteiger charge is -2.36. The third kappa shape index (κ3) is 3.16. The summed E-state index contributed by atoms with van der Waals surface area (Å²) in [4.78, 5) is 23.1. The van der Waals surface area contributed by atoms with Gasteiger partial charge < -0.3 is 4.90 Å². The van der Waals surface area contributed by atoms with Gasteiger partial charge in [0.25, 0.3) is 0 Å². The Hall–Kier alpha value is -0.920. The van der Waals surface area contributed by atoms with E-state index < -0.39 is 35.7 Å². The van der Waals surface area contributed by atoms with Crippen molar-refractivity contribution in [1.82, 2.24) is 4.90 Å². The van der Waals surface area contributed by atoms with Gasteiger partial charge in [-0.1, -0.05) is 0 Å². The molecule has 1 fully saturated rings. The van der Waals surface area contributed by atoms with E-state index in [1.54, 1.807) is 0 Å². The minimum absolute atomic E-state index is 0.0469. The predicted molar refractivity (Wildman–Crippen MR) is 56.1 cm³/mol. The molecule has 1 aliphatic rings. The van der Waals surface area contributed by atoms with Crippen LogP contribution in [0.15, 0.2) is 0 Å². The van der Waals surface area contributed by atoms with E-state index in [1.807, 2.05) is 0 Å². The van der Waals surface area contributed by atoms with Crippen LogP contribution in [0.3, 0.4) is 0 Å². The number of likely N-dealkylation sites (tertiary alicyclic amines) is 1. The number of rotatable bonds is 3. The fourth-order valence-corrected chi connectivity index (χ4v) is 2.08. The molecule has 1 aliphatic heterocycles. The minimum atomic E-state index is -5.98. The van der Waals surface area contributed by atoms with Gasteiger partial charge in [-0.05, 0) is 19.3 Å². The van der Waals surface area contributed by atoms with Crippen LogP contribution in [0.5, 0.6) is 0 Å². The molecule has 0 aromatic rings. The lowest BCUT2D eigenvalue weighted by atomic mass is 9.98. The molecule has 19 heavy (non-hydrogen) atoms. The van der Waals surface area contributed by atoms with Gasteiger partial charge in [-0.2, -0.15) is 22.0 Å². The van der Waals surface area contributed by atoms with Crippen LogP contribution >= 0.6 is 11.6 Å². The van der Waals surface area contributed by atoms with Gasteiger partial charge in [-0.15, -0.1) is 11.6 Å². The zero-order valence-electron chi connectivity index (χ0n) is 9.64. The smallest absolute Gasteiger partial charge is 0.327 e. The van der Waals surface area contributed by atoms with Crippen LogP contribution in [-0.4, -0.2) is 47.2 Å². The summed E-state index contributed by atoms with van der Waals surface area (Å²) in [6.45, 7) is -0.308. The quantitative estimate of drug-likeness (QED) is 0.593. The molecule has 1 unspecified atom stereocenters. The monoisotopic (exact) mass is 307 g/mol. The van der Waals surface area contributed by atoms with Crippen LogP contribution in [0, 0.1) is 0 Å².